The predicted molar refractivity (Wildman–Crippen MR) is 83.8 cm³/mol. The van der Waals surface area contributed by atoms with Crippen molar-refractivity contribution < 1.29 is 4.74 Å². The molecule has 6 heteroatoms. The van der Waals surface area contributed by atoms with Gasteiger partial charge in [-0.3, -0.25) is 5.10 Å². The summed E-state index contributed by atoms with van der Waals surface area (Å²) in [6, 6.07) is 10.3. The quantitative estimate of drug-likeness (QED) is 0.800. The summed E-state index contributed by atoms with van der Waals surface area (Å²) in [5.41, 5.74) is 1.70. The number of hydrogen-bond donors (Lipinski definition) is 1. The molecule has 22 heavy (non-hydrogen) atoms. The average molecular weight is 295 g/mol. The van der Waals surface area contributed by atoms with Crippen molar-refractivity contribution in [2.45, 2.75) is 12.5 Å². The standard InChI is InChI=1S/C16H17N5O/c1-11-18-14-13(8-17-20-14)15(19-11)21-9-16(10-21,22-2)12-6-4-3-5-7-12/h3-8H,9-10H2,1-2H3,(H,17,18,19,20). The smallest absolute Gasteiger partial charge is 0.161 e. The minimum absolute atomic E-state index is 0.268. The molecule has 0 atom stereocenters. The van der Waals surface area contributed by atoms with Gasteiger partial charge in [-0.15, -0.1) is 0 Å². The molecule has 1 aliphatic rings. The molecule has 3 heterocycles. The number of aromatic amines is 1. The third-order valence-corrected chi connectivity index (χ3v) is 4.28. The number of nitrogens with zero attached hydrogens (tertiary/aromatic N) is 4. The summed E-state index contributed by atoms with van der Waals surface area (Å²) in [5.74, 6) is 1.65. The van der Waals surface area contributed by atoms with Crippen molar-refractivity contribution in [3.8, 4) is 0 Å². The van der Waals surface area contributed by atoms with Gasteiger partial charge in [0.1, 0.15) is 17.2 Å². The number of rotatable bonds is 3. The van der Waals surface area contributed by atoms with Gasteiger partial charge in [-0.2, -0.15) is 5.10 Å². The maximum Gasteiger partial charge on any atom is 0.161 e. The second-order valence-corrected chi connectivity index (χ2v) is 5.65. The fraction of sp³-hybridized carbons (Fsp3) is 0.312. The molecule has 0 amide bonds. The molecule has 1 saturated heterocycles. The highest BCUT2D eigenvalue weighted by atomic mass is 16.5. The van der Waals surface area contributed by atoms with Crippen LogP contribution in [0.2, 0.25) is 0 Å². The third-order valence-electron chi connectivity index (χ3n) is 4.28. The number of anilines is 1. The Hall–Kier alpha value is -2.47. The van der Waals surface area contributed by atoms with Gasteiger partial charge in [0.2, 0.25) is 0 Å². The second-order valence-electron chi connectivity index (χ2n) is 5.65. The van der Waals surface area contributed by atoms with E-state index >= 15 is 0 Å². The molecular formula is C16H17N5O. The minimum atomic E-state index is -0.268. The molecule has 0 bridgehead atoms. The molecule has 1 aliphatic heterocycles. The summed E-state index contributed by atoms with van der Waals surface area (Å²) in [6.07, 6.45) is 1.78. The Morgan fingerprint density at radius 1 is 1.18 bits per heavy atom. The van der Waals surface area contributed by atoms with E-state index in [4.69, 9.17) is 4.74 Å². The lowest BCUT2D eigenvalue weighted by atomic mass is 9.85. The molecular weight excluding hydrogens is 278 g/mol. The van der Waals surface area contributed by atoms with Gasteiger partial charge in [-0.1, -0.05) is 30.3 Å². The molecule has 1 aromatic carbocycles. The van der Waals surface area contributed by atoms with Crippen molar-refractivity contribution in [2.75, 3.05) is 25.1 Å². The average Bonchev–Trinajstić information content (AvgIpc) is 2.96. The van der Waals surface area contributed by atoms with E-state index in [1.54, 1.807) is 13.3 Å². The number of H-pyrrole nitrogens is 1. The van der Waals surface area contributed by atoms with Crippen LogP contribution in [-0.4, -0.2) is 40.4 Å². The zero-order valence-electron chi connectivity index (χ0n) is 12.6. The van der Waals surface area contributed by atoms with E-state index in [0.717, 1.165) is 35.8 Å². The van der Waals surface area contributed by atoms with Crippen LogP contribution in [-0.2, 0) is 10.3 Å². The van der Waals surface area contributed by atoms with Gasteiger partial charge in [0.05, 0.1) is 24.7 Å². The number of aryl methyl sites for hydroxylation is 1. The summed E-state index contributed by atoms with van der Waals surface area (Å²) in [6.45, 7) is 3.43. The van der Waals surface area contributed by atoms with Crippen LogP contribution in [0.25, 0.3) is 11.0 Å². The molecule has 1 N–H and O–H groups in total. The fourth-order valence-corrected chi connectivity index (χ4v) is 3.06. The number of methoxy groups -OCH3 is 1. The zero-order chi connectivity index (χ0) is 15.2. The Bertz CT molecular complexity index is 808. The Kier molecular flexibility index (Phi) is 2.87. The van der Waals surface area contributed by atoms with E-state index in [1.807, 2.05) is 25.1 Å². The maximum absolute atomic E-state index is 5.83. The molecule has 6 nitrogen and oxygen atoms in total. The molecule has 0 saturated carbocycles. The van der Waals surface area contributed by atoms with E-state index in [9.17, 15) is 0 Å². The van der Waals surface area contributed by atoms with E-state index in [2.05, 4.69) is 37.2 Å². The molecule has 112 valence electrons. The van der Waals surface area contributed by atoms with E-state index in [1.165, 1.54) is 5.56 Å². The molecule has 3 aromatic rings. The number of aromatic nitrogens is 4. The first-order chi connectivity index (χ1) is 10.7. The van der Waals surface area contributed by atoms with Gasteiger partial charge < -0.3 is 9.64 Å². The lowest BCUT2D eigenvalue weighted by Crippen LogP contribution is -2.61. The van der Waals surface area contributed by atoms with Gasteiger partial charge >= 0.3 is 0 Å². The predicted octanol–water partition coefficient (Wildman–Crippen LogP) is 2.02. The van der Waals surface area contributed by atoms with Gasteiger partial charge in [-0.05, 0) is 12.5 Å². The van der Waals surface area contributed by atoms with Crippen molar-refractivity contribution in [3.05, 3.63) is 47.9 Å². The van der Waals surface area contributed by atoms with Crippen molar-refractivity contribution in [1.29, 1.82) is 0 Å². The van der Waals surface area contributed by atoms with E-state index in [-0.39, 0.29) is 5.60 Å². The van der Waals surface area contributed by atoms with Gasteiger partial charge in [0.15, 0.2) is 5.65 Å². The van der Waals surface area contributed by atoms with Crippen molar-refractivity contribution in [1.82, 2.24) is 20.2 Å². The molecule has 0 radical (unpaired) electrons. The van der Waals surface area contributed by atoms with Crippen molar-refractivity contribution in [3.63, 3.8) is 0 Å². The number of ether oxygens (including phenoxy) is 1. The monoisotopic (exact) mass is 295 g/mol. The summed E-state index contributed by atoms with van der Waals surface area (Å²) < 4.78 is 5.83. The maximum atomic E-state index is 5.83. The zero-order valence-corrected chi connectivity index (χ0v) is 12.6. The van der Waals surface area contributed by atoms with Crippen LogP contribution < -0.4 is 4.90 Å². The number of fused-ring (bicyclic) bond motifs is 1. The number of hydrogen-bond acceptors (Lipinski definition) is 5. The van der Waals surface area contributed by atoms with E-state index in [0.29, 0.717) is 0 Å². The second kappa shape index (κ2) is 4.78. The highest BCUT2D eigenvalue weighted by Crippen LogP contribution is 2.39. The minimum Gasteiger partial charge on any atom is -0.370 e. The van der Waals surface area contributed by atoms with E-state index < -0.39 is 0 Å². The fourth-order valence-electron chi connectivity index (χ4n) is 3.06. The van der Waals surface area contributed by atoms with Crippen LogP contribution in [0.3, 0.4) is 0 Å². The van der Waals surface area contributed by atoms with Crippen molar-refractivity contribution in [2.24, 2.45) is 0 Å². The van der Waals surface area contributed by atoms with Gasteiger partial charge in [0.25, 0.3) is 0 Å². The topological polar surface area (TPSA) is 66.9 Å². The highest BCUT2D eigenvalue weighted by Gasteiger charge is 2.46. The third kappa shape index (κ3) is 1.88. The lowest BCUT2D eigenvalue weighted by molar-refractivity contribution is -0.0384. The Labute approximate surface area is 128 Å². The number of benzene rings is 1. The molecule has 2 aromatic heterocycles. The van der Waals surface area contributed by atoms with Crippen LogP contribution >= 0.6 is 0 Å². The van der Waals surface area contributed by atoms with Crippen molar-refractivity contribution >= 4 is 16.9 Å². The Morgan fingerprint density at radius 3 is 2.68 bits per heavy atom. The largest absolute Gasteiger partial charge is 0.370 e. The van der Waals surface area contributed by atoms with Crippen LogP contribution in [0.5, 0.6) is 0 Å². The van der Waals surface area contributed by atoms with Gasteiger partial charge in [-0.25, -0.2) is 9.97 Å². The van der Waals surface area contributed by atoms with Crippen LogP contribution in [0.15, 0.2) is 36.5 Å². The molecule has 0 unspecified atom stereocenters. The van der Waals surface area contributed by atoms with Crippen LogP contribution in [0.4, 0.5) is 5.82 Å². The summed E-state index contributed by atoms with van der Waals surface area (Å²) in [5, 5.41) is 7.93. The van der Waals surface area contributed by atoms with Crippen LogP contribution in [0, 0.1) is 6.92 Å². The SMILES string of the molecule is COC1(c2ccccc2)CN(c2nc(C)nc3[nH]ncc23)C1. The lowest BCUT2D eigenvalue weighted by Gasteiger charge is -2.50. The Balaban J connectivity index is 1.68. The highest BCUT2D eigenvalue weighted by molar-refractivity contribution is 5.87. The molecule has 0 aliphatic carbocycles. The Morgan fingerprint density at radius 2 is 1.95 bits per heavy atom. The molecule has 1 fully saturated rings. The summed E-state index contributed by atoms with van der Waals surface area (Å²) in [4.78, 5) is 11.2. The first-order valence-electron chi connectivity index (χ1n) is 7.25. The molecule has 0 spiro atoms. The normalized spacial score (nSPS) is 16.7. The van der Waals surface area contributed by atoms with Crippen LogP contribution in [0.1, 0.15) is 11.4 Å². The summed E-state index contributed by atoms with van der Waals surface area (Å²) in [7, 11) is 1.77. The first-order valence-corrected chi connectivity index (χ1v) is 7.25. The first kappa shape index (κ1) is 13.2. The number of nitrogens with one attached hydrogen (secondary N) is 1. The van der Waals surface area contributed by atoms with Gasteiger partial charge in [0, 0.05) is 7.11 Å². The molecule has 4 rings (SSSR count). The summed E-state index contributed by atoms with van der Waals surface area (Å²) >= 11 is 0.